The maximum absolute atomic E-state index is 10.4. The summed E-state index contributed by atoms with van der Waals surface area (Å²) in [5, 5.41) is 10.4. The van der Waals surface area contributed by atoms with E-state index >= 15 is 0 Å². The fraction of sp³-hybridized carbons (Fsp3) is 0.214. The van der Waals surface area contributed by atoms with Crippen LogP contribution in [0.2, 0.25) is 0 Å². The van der Waals surface area contributed by atoms with E-state index in [0.717, 1.165) is 4.47 Å². The second-order valence-electron chi connectivity index (χ2n) is 3.91. The molecule has 4 nitrogen and oxygen atoms in total. The Morgan fingerprint density at radius 1 is 1.16 bits per heavy atom. The number of aliphatic hydroxyl groups excluding tert-OH is 1. The first-order chi connectivity index (χ1) is 9.15. The van der Waals surface area contributed by atoms with Crippen LogP contribution >= 0.6 is 15.9 Å². The molecule has 2 rings (SSSR count). The number of aromatic nitrogens is 1. The molecule has 1 heterocycles. The third-order valence-corrected chi connectivity index (χ3v) is 3.23. The Morgan fingerprint density at radius 2 is 1.95 bits per heavy atom. The number of rotatable bonds is 4. The minimum atomic E-state index is -0.863. The zero-order chi connectivity index (χ0) is 13.8. The minimum Gasteiger partial charge on any atom is -0.497 e. The van der Waals surface area contributed by atoms with Crippen LogP contribution in [0.3, 0.4) is 0 Å². The summed E-state index contributed by atoms with van der Waals surface area (Å²) in [7, 11) is 3.14. The highest BCUT2D eigenvalue weighted by molar-refractivity contribution is 9.10. The van der Waals surface area contributed by atoms with E-state index in [2.05, 4.69) is 20.9 Å². The van der Waals surface area contributed by atoms with Gasteiger partial charge < -0.3 is 14.6 Å². The van der Waals surface area contributed by atoms with E-state index in [1.165, 1.54) is 0 Å². The van der Waals surface area contributed by atoms with Gasteiger partial charge in [0.1, 0.15) is 17.6 Å². The van der Waals surface area contributed by atoms with Crippen LogP contribution in [-0.2, 0) is 0 Å². The van der Waals surface area contributed by atoms with E-state index in [1.54, 1.807) is 44.7 Å². The second kappa shape index (κ2) is 6.04. The van der Waals surface area contributed by atoms with Crippen LogP contribution in [0.25, 0.3) is 0 Å². The summed E-state index contributed by atoms with van der Waals surface area (Å²) in [6, 6.07) is 8.87. The molecule has 0 fully saturated rings. The van der Waals surface area contributed by atoms with Crippen LogP contribution in [-0.4, -0.2) is 24.3 Å². The Balaban J connectivity index is 2.41. The van der Waals surface area contributed by atoms with Crippen LogP contribution < -0.4 is 9.47 Å². The topological polar surface area (TPSA) is 51.6 Å². The molecule has 19 heavy (non-hydrogen) atoms. The Morgan fingerprint density at radius 3 is 2.53 bits per heavy atom. The zero-order valence-electron chi connectivity index (χ0n) is 10.6. The number of hydrogen-bond acceptors (Lipinski definition) is 4. The van der Waals surface area contributed by atoms with Crippen LogP contribution in [0.5, 0.6) is 11.5 Å². The highest BCUT2D eigenvalue weighted by Crippen LogP contribution is 2.32. The monoisotopic (exact) mass is 323 g/mol. The number of methoxy groups -OCH3 is 2. The Labute approximate surface area is 120 Å². The molecule has 1 aromatic heterocycles. The molecule has 2 aromatic rings. The molecule has 1 atom stereocenters. The summed E-state index contributed by atoms with van der Waals surface area (Å²) in [5.41, 5.74) is 1.17. The Bertz CT molecular complexity index is 557. The first-order valence-corrected chi connectivity index (χ1v) is 6.46. The van der Waals surface area contributed by atoms with E-state index in [-0.39, 0.29) is 0 Å². The van der Waals surface area contributed by atoms with Crippen molar-refractivity contribution in [2.45, 2.75) is 6.10 Å². The lowest BCUT2D eigenvalue weighted by molar-refractivity contribution is 0.209. The van der Waals surface area contributed by atoms with Crippen LogP contribution in [0, 0.1) is 0 Å². The molecular weight excluding hydrogens is 310 g/mol. The van der Waals surface area contributed by atoms with Gasteiger partial charge in [-0.1, -0.05) is 0 Å². The van der Waals surface area contributed by atoms with Crippen molar-refractivity contribution >= 4 is 15.9 Å². The number of benzene rings is 1. The number of aliphatic hydroxyl groups is 1. The lowest BCUT2D eigenvalue weighted by atomic mass is 10.0. The van der Waals surface area contributed by atoms with Gasteiger partial charge in [0, 0.05) is 16.2 Å². The Hall–Kier alpha value is -1.59. The van der Waals surface area contributed by atoms with Crippen molar-refractivity contribution in [1.29, 1.82) is 0 Å². The van der Waals surface area contributed by atoms with Gasteiger partial charge in [-0.15, -0.1) is 0 Å². The molecule has 0 aliphatic rings. The molecule has 0 bridgehead atoms. The molecule has 1 N–H and O–H groups in total. The normalized spacial score (nSPS) is 12.0. The molecule has 5 heteroatoms. The largest absolute Gasteiger partial charge is 0.497 e. The minimum absolute atomic E-state index is 0.551. The van der Waals surface area contributed by atoms with Gasteiger partial charge in [0.25, 0.3) is 0 Å². The predicted octanol–water partition coefficient (Wildman–Crippen LogP) is 2.94. The molecule has 0 saturated heterocycles. The van der Waals surface area contributed by atoms with E-state index in [0.29, 0.717) is 22.8 Å². The van der Waals surface area contributed by atoms with Gasteiger partial charge in [-0.05, 0) is 46.3 Å². The molecule has 0 saturated carbocycles. The standard InChI is InChI=1S/C14H14BrNO3/c1-18-10-4-6-13(19-2)11(7-10)14(17)12-5-3-9(15)8-16-12/h3-8,14,17H,1-2H3. The van der Waals surface area contributed by atoms with Gasteiger partial charge in [0.05, 0.1) is 19.9 Å². The number of nitrogens with zero attached hydrogens (tertiary/aromatic N) is 1. The summed E-state index contributed by atoms with van der Waals surface area (Å²) in [6.07, 6.45) is 0.781. The third kappa shape index (κ3) is 3.05. The maximum Gasteiger partial charge on any atom is 0.125 e. The van der Waals surface area contributed by atoms with Gasteiger partial charge in [-0.3, -0.25) is 4.98 Å². The number of pyridine rings is 1. The molecular formula is C14H14BrNO3. The van der Waals surface area contributed by atoms with E-state index in [1.807, 2.05) is 6.07 Å². The van der Waals surface area contributed by atoms with Crippen LogP contribution in [0.1, 0.15) is 17.4 Å². The molecule has 100 valence electrons. The van der Waals surface area contributed by atoms with Crippen molar-refractivity contribution < 1.29 is 14.6 Å². The van der Waals surface area contributed by atoms with E-state index in [9.17, 15) is 5.11 Å². The third-order valence-electron chi connectivity index (χ3n) is 2.76. The number of ether oxygens (including phenoxy) is 2. The van der Waals surface area contributed by atoms with Crippen molar-refractivity contribution in [1.82, 2.24) is 4.98 Å². The summed E-state index contributed by atoms with van der Waals surface area (Å²) >= 11 is 3.31. The summed E-state index contributed by atoms with van der Waals surface area (Å²) in [5.74, 6) is 1.25. The first kappa shape index (κ1) is 13.8. The fourth-order valence-corrected chi connectivity index (χ4v) is 2.00. The molecule has 0 spiro atoms. The summed E-state index contributed by atoms with van der Waals surface area (Å²) in [6.45, 7) is 0. The quantitative estimate of drug-likeness (QED) is 0.939. The van der Waals surface area contributed by atoms with Gasteiger partial charge >= 0.3 is 0 Å². The lowest BCUT2D eigenvalue weighted by Crippen LogP contribution is -2.04. The zero-order valence-corrected chi connectivity index (χ0v) is 12.2. The van der Waals surface area contributed by atoms with Gasteiger partial charge in [-0.25, -0.2) is 0 Å². The van der Waals surface area contributed by atoms with Crippen molar-refractivity contribution in [2.75, 3.05) is 14.2 Å². The fourth-order valence-electron chi connectivity index (χ4n) is 1.76. The van der Waals surface area contributed by atoms with Gasteiger partial charge in [0.15, 0.2) is 0 Å². The SMILES string of the molecule is COc1ccc(OC)c(C(O)c2ccc(Br)cn2)c1. The van der Waals surface area contributed by atoms with Gasteiger partial charge in [-0.2, -0.15) is 0 Å². The maximum atomic E-state index is 10.4. The number of hydrogen-bond donors (Lipinski definition) is 1. The molecule has 0 amide bonds. The molecule has 1 unspecified atom stereocenters. The van der Waals surface area contributed by atoms with Crippen LogP contribution in [0.4, 0.5) is 0 Å². The van der Waals surface area contributed by atoms with Crippen molar-refractivity contribution in [2.24, 2.45) is 0 Å². The van der Waals surface area contributed by atoms with Crippen molar-refractivity contribution in [3.8, 4) is 11.5 Å². The summed E-state index contributed by atoms with van der Waals surface area (Å²) < 4.78 is 11.3. The summed E-state index contributed by atoms with van der Waals surface area (Å²) in [4.78, 5) is 4.19. The first-order valence-electron chi connectivity index (χ1n) is 5.67. The Kier molecular flexibility index (Phi) is 4.39. The average molecular weight is 324 g/mol. The second-order valence-corrected chi connectivity index (χ2v) is 4.83. The lowest BCUT2D eigenvalue weighted by Gasteiger charge is -2.15. The number of halogens is 1. The van der Waals surface area contributed by atoms with Crippen molar-refractivity contribution in [3.05, 3.63) is 52.3 Å². The van der Waals surface area contributed by atoms with Crippen molar-refractivity contribution in [3.63, 3.8) is 0 Å². The average Bonchev–Trinajstić information content (AvgIpc) is 2.46. The van der Waals surface area contributed by atoms with Gasteiger partial charge in [0.2, 0.25) is 0 Å². The van der Waals surface area contributed by atoms with E-state index < -0.39 is 6.10 Å². The highest BCUT2D eigenvalue weighted by atomic mass is 79.9. The molecule has 0 aliphatic carbocycles. The predicted molar refractivity (Wildman–Crippen MR) is 75.5 cm³/mol. The highest BCUT2D eigenvalue weighted by Gasteiger charge is 2.17. The van der Waals surface area contributed by atoms with Crippen LogP contribution in [0.15, 0.2) is 41.0 Å². The smallest absolute Gasteiger partial charge is 0.125 e. The molecule has 0 radical (unpaired) electrons. The molecule has 1 aromatic carbocycles. The van der Waals surface area contributed by atoms with E-state index in [4.69, 9.17) is 9.47 Å². The molecule has 0 aliphatic heterocycles.